The molecular formula is C10H11N3O3S2. The lowest BCUT2D eigenvalue weighted by atomic mass is 10.0. The van der Waals surface area contributed by atoms with E-state index in [0.29, 0.717) is 28.2 Å². The molecule has 2 N–H and O–H groups in total. The van der Waals surface area contributed by atoms with Gasteiger partial charge in [0.1, 0.15) is 0 Å². The van der Waals surface area contributed by atoms with Crippen LogP contribution in [0.15, 0.2) is 10.4 Å². The van der Waals surface area contributed by atoms with Crippen LogP contribution in [0, 0.1) is 0 Å². The van der Waals surface area contributed by atoms with E-state index >= 15 is 0 Å². The van der Waals surface area contributed by atoms with Crippen LogP contribution in [0.2, 0.25) is 0 Å². The molecular weight excluding hydrogens is 274 g/mol. The standard InChI is InChI=1S/C10H11N3O3S2/c1-2-5(8(15)16)6-3-17-9(11-6)13-10-12-7(14)4-18-10/h3,5H,2,4H2,1H3,(H,15,16)(H,11,12,13,14). The molecule has 96 valence electrons. The van der Waals surface area contributed by atoms with Crippen LogP contribution in [0.5, 0.6) is 0 Å². The number of rotatable bonds is 4. The molecule has 1 fully saturated rings. The number of aliphatic imine (C=N–C) groups is 1. The second-order valence-electron chi connectivity index (χ2n) is 3.61. The minimum absolute atomic E-state index is 0.0764. The number of aliphatic carboxylic acids is 1. The second-order valence-corrected chi connectivity index (χ2v) is 5.41. The Hall–Kier alpha value is -1.41. The van der Waals surface area contributed by atoms with Crippen molar-refractivity contribution >= 4 is 45.3 Å². The molecule has 1 unspecified atom stereocenters. The predicted octanol–water partition coefficient (Wildman–Crippen LogP) is 1.57. The summed E-state index contributed by atoms with van der Waals surface area (Å²) in [4.78, 5) is 30.3. The van der Waals surface area contributed by atoms with Crippen molar-refractivity contribution < 1.29 is 14.7 Å². The molecule has 6 nitrogen and oxygen atoms in total. The minimum Gasteiger partial charge on any atom is -0.481 e. The first-order chi connectivity index (χ1) is 8.60. The van der Waals surface area contributed by atoms with E-state index in [1.165, 1.54) is 23.1 Å². The lowest BCUT2D eigenvalue weighted by molar-refractivity contribution is -0.139. The van der Waals surface area contributed by atoms with Crippen LogP contribution in [0.25, 0.3) is 0 Å². The topological polar surface area (TPSA) is 91.6 Å². The van der Waals surface area contributed by atoms with E-state index in [1.54, 1.807) is 12.3 Å². The van der Waals surface area contributed by atoms with Gasteiger partial charge < -0.3 is 10.4 Å². The summed E-state index contributed by atoms with van der Waals surface area (Å²) in [6.07, 6.45) is 0.487. The van der Waals surface area contributed by atoms with E-state index in [9.17, 15) is 9.59 Å². The number of aromatic nitrogens is 1. The van der Waals surface area contributed by atoms with Gasteiger partial charge in [0.25, 0.3) is 0 Å². The quantitative estimate of drug-likeness (QED) is 0.876. The van der Waals surface area contributed by atoms with Crippen molar-refractivity contribution in [2.75, 3.05) is 5.75 Å². The zero-order chi connectivity index (χ0) is 13.1. The highest BCUT2D eigenvalue weighted by Gasteiger charge is 2.21. The first-order valence-corrected chi connectivity index (χ1v) is 7.16. The maximum atomic E-state index is 11.0. The Kier molecular flexibility index (Phi) is 3.97. The SMILES string of the molecule is CCC(C(=O)O)c1csc(N=C2NC(=O)CS2)n1. The van der Waals surface area contributed by atoms with Crippen LogP contribution >= 0.6 is 23.1 Å². The number of carbonyl (C=O) groups excluding carboxylic acids is 1. The van der Waals surface area contributed by atoms with Gasteiger partial charge >= 0.3 is 5.97 Å². The number of thiazole rings is 1. The van der Waals surface area contributed by atoms with Crippen molar-refractivity contribution in [3.05, 3.63) is 11.1 Å². The number of hydrogen-bond acceptors (Lipinski definition) is 6. The van der Waals surface area contributed by atoms with E-state index in [4.69, 9.17) is 5.11 Å². The molecule has 1 aliphatic heterocycles. The third-order valence-corrected chi connectivity index (χ3v) is 3.98. The van der Waals surface area contributed by atoms with E-state index in [2.05, 4.69) is 15.3 Å². The lowest BCUT2D eigenvalue weighted by Crippen LogP contribution is -2.19. The fraction of sp³-hybridized carbons (Fsp3) is 0.400. The molecule has 8 heteroatoms. The number of amides is 1. The summed E-state index contributed by atoms with van der Waals surface area (Å²) in [5.74, 6) is -1.19. The highest BCUT2D eigenvalue weighted by molar-refractivity contribution is 8.15. The molecule has 0 aliphatic carbocycles. The van der Waals surface area contributed by atoms with Gasteiger partial charge in [-0.15, -0.1) is 11.3 Å². The van der Waals surface area contributed by atoms with Gasteiger partial charge in [0, 0.05) is 5.38 Å². The molecule has 1 saturated heterocycles. The fourth-order valence-electron chi connectivity index (χ4n) is 1.47. The molecule has 0 spiro atoms. The van der Waals surface area contributed by atoms with Crippen molar-refractivity contribution in [3.63, 3.8) is 0 Å². The van der Waals surface area contributed by atoms with Crippen LogP contribution in [0.4, 0.5) is 5.13 Å². The van der Waals surface area contributed by atoms with Gasteiger partial charge in [-0.2, -0.15) is 4.99 Å². The van der Waals surface area contributed by atoms with E-state index in [1.807, 2.05) is 0 Å². The number of nitrogens with one attached hydrogen (secondary N) is 1. The Balaban J connectivity index is 2.15. The Morgan fingerprint density at radius 1 is 1.72 bits per heavy atom. The summed E-state index contributed by atoms with van der Waals surface area (Å²) < 4.78 is 0. The number of carboxylic acid groups (broad SMARTS) is 1. The maximum Gasteiger partial charge on any atom is 0.312 e. The Labute approximate surface area is 112 Å². The molecule has 2 rings (SSSR count). The molecule has 1 aromatic rings. The predicted molar refractivity (Wildman–Crippen MR) is 70.5 cm³/mol. The lowest BCUT2D eigenvalue weighted by Gasteiger charge is -2.04. The number of hydrogen-bond donors (Lipinski definition) is 2. The van der Waals surface area contributed by atoms with Gasteiger partial charge in [-0.3, -0.25) is 9.59 Å². The Morgan fingerprint density at radius 2 is 2.50 bits per heavy atom. The van der Waals surface area contributed by atoms with Gasteiger partial charge in [-0.1, -0.05) is 18.7 Å². The fourth-order valence-corrected chi connectivity index (χ4v) is 2.95. The second kappa shape index (κ2) is 5.49. The average Bonchev–Trinajstić information content (AvgIpc) is 2.90. The summed E-state index contributed by atoms with van der Waals surface area (Å²) in [6, 6.07) is 0. The summed E-state index contributed by atoms with van der Waals surface area (Å²) in [7, 11) is 0. The normalized spacial score (nSPS) is 18.9. The first-order valence-electron chi connectivity index (χ1n) is 5.29. The highest BCUT2D eigenvalue weighted by Crippen LogP contribution is 2.27. The van der Waals surface area contributed by atoms with E-state index < -0.39 is 11.9 Å². The summed E-state index contributed by atoms with van der Waals surface area (Å²) in [5.41, 5.74) is 0.517. The summed E-state index contributed by atoms with van der Waals surface area (Å²) in [5, 5.41) is 14.3. The number of nitrogens with zero attached hydrogens (tertiary/aromatic N) is 2. The molecule has 0 saturated carbocycles. The molecule has 2 heterocycles. The van der Waals surface area contributed by atoms with Crippen molar-refractivity contribution in [3.8, 4) is 0 Å². The number of carboxylic acids is 1. The molecule has 1 aromatic heterocycles. The third-order valence-electron chi connectivity index (χ3n) is 2.36. The smallest absolute Gasteiger partial charge is 0.312 e. The van der Waals surface area contributed by atoms with Crippen molar-refractivity contribution in [2.24, 2.45) is 4.99 Å². The third kappa shape index (κ3) is 2.88. The minimum atomic E-state index is -0.884. The Bertz CT molecular complexity index is 512. The maximum absolute atomic E-state index is 11.0. The number of thioether (sulfide) groups is 1. The molecule has 1 atom stereocenters. The zero-order valence-corrected chi connectivity index (χ0v) is 11.2. The Morgan fingerprint density at radius 3 is 3.06 bits per heavy atom. The molecule has 0 bridgehead atoms. The molecule has 0 aromatic carbocycles. The monoisotopic (exact) mass is 285 g/mol. The van der Waals surface area contributed by atoms with Gasteiger partial charge in [-0.05, 0) is 6.42 Å². The summed E-state index contributed by atoms with van der Waals surface area (Å²) in [6.45, 7) is 1.80. The largest absolute Gasteiger partial charge is 0.481 e. The van der Waals surface area contributed by atoms with E-state index in [-0.39, 0.29) is 5.91 Å². The van der Waals surface area contributed by atoms with Crippen LogP contribution in [-0.2, 0) is 9.59 Å². The van der Waals surface area contributed by atoms with E-state index in [0.717, 1.165) is 0 Å². The molecule has 1 aliphatic rings. The molecule has 0 radical (unpaired) electrons. The number of carbonyl (C=O) groups is 2. The average molecular weight is 285 g/mol. The molecule has 1 amide bonds. The van der Waals surface area contributed by atoms with Gasteiger partial charge in [0.15, 0.2) is 5.17 Å². The van der Waals surface area contributed by atoms with Gasteiger partial charge in [0.2, 0.25) is 11.0 Å². The molecule has 18 heavy (non-hydrogen) atoms. The van der Waals surface area contributed by atoms with Gasteiger partial charge in [0.05, 0.1) is 17.4 Å². The van der Waals surface area contributed by atoms with Crippen LogP contribution in [0.1, 0.15) is 25.0 Å². The van der Waals surface area contributed by atoms with Crippen molar-refractivity contribution in [1.82, 2.24) is 10.3 Å². The van der Waals surface area contributed by atoms with Crippen molar-refractivity contribution in [2.45, 2.75) is 19.3 Å². The zero-order valence-electron chi connectivity index (χ0n) is 9.54. The van der Waals surface area contributed by atoms with Crippen LogP contribution < -0.4 is 5.32 Å². The number of amidine groups is 1. The van der Waals surface area contributed by atoms with Gasteiger partial charge in [-0.25, -0.2) is 4.98 Å². The van der Waals surface area contributed by atoms with Crippen LogP contribution in [-0.4, -0.2) is 32.9 Å². The van der Waals surface area contributed by atoms with Crippen molar-refractivity contribution in [1.29, 1.82) is 0 Å². The first kappa shape index (κ1) is 13.0. The summed E-state index contributed by atoms with van der Waals surface area (Å²) >= 11 is 2.59. The highest BCUT2D eigenvalue weighted by atomic mass is 32.2. The van der Waals surface area contributed by atoms with Crippen LogP contribution in [0.3, 0.4) is 0 Å².